The molecular weight excluding hydrogens is 444 g/mol. The minimum Gasteiger partial charge on any atom is -0.508 e. The maximum Gasteiger partial charge on any atom is 0.115 e. The summed E-state index contributed by atoms with van der Waals surface area (Å²) in [5.74, 6) is 1.40. The molecule has 0 heterocycles. The van der Waals surface area contributed by atoms with Gasteiger partial charge in [0.2, 0.25) is 0 Å². The van der Waals surface area contributed by atoms with Crippen molar-refractivity contribution in [2.75, 3.05) is 0 Å². The second-order valence-electron chi connectivity index (χ2n) is 10.5. The van der Waals surface area contributed by atoms with Crippen molar-refractivity contribution in [3.8, 4) is 50.6 Å². The molecule has 0 spiro atoms. The summed E-state index contributed by atoms with van der Waals surface area (Å²) in [5, 5.41) is 30.1. The van der Waals surface area contributed by atoms with E-state index in [4.69, 9.17) is 0 Å². The largest absolute Gasteiger partial charge is 0.508 e. The van der Waals surface area contributed by atoms with Crippen LogP contribution in [0.3, 0.4) is 0 Å². The Morgan fingerprint density at radius 3 is 0.722 bits per heavy atom. The van der Waals surface area contributed by atoms with Crippen molar-refractivity contribution in [1.82, 2.24) is 0 Å². The van der Waals surface area contributed by atoms with Crippen LogP contribution in [0.4, 0.5) is 0 Å². The molecule has 4 aromatic rings. The van der Waals surface area contributed by atoms with E-state index in [1.54, 1.807) is 36.4 Å². The smallest absolute Gasteiger partial charge is 0.115 e. The van der Waals surface area contributed by atoms with Gasteiger partial charge >= 0.3 is 0 Å². The first-order chi connectivity index (χ1) is 17.1. The van der Waals surface area contributed by atoms with Gasteiger partial charge in [0.05, 0.1) is 0 Å². The normalized spacial score (nSPS) is 11.6. The van der Waals surface area contributed by atoms with Crippen LogP contribution in [0.5, 0.6) is 17.2 Å². The van der Waals surface area contributed by atoms with Gasteiger partial charge in [0.1, 0.15) is 17.2 Å². The zero-order valence-corrected chi connectivity index (χ0v) is 22.0. The van der Waals surface area contributed by atoms with Crippen LogP contribution in [0.2, 0.25) is 0 Å². The molecule has 0 radical (unpaired) electrons. The summed E-state index contributed by atoms with van der Waals surface area (Å²) in [6.45, 7) is 13.4. The van der Waals surface area contributed by atoms with Crippen molar-refractivity contribution < 1.29 is 15.3 Å². The summed E-state index contributed by atoms with van der Waals surface area (Å²) in [5.41, 5.74) is 10.6. The quantitative estimate of drug-likeness (QED) is 0.258. The molecule has 0 aliphatic carbocycles. The minimum absolute atomic E-state index is 0.224. The Labute approximate surface area is 214 Å². The number of phenols is 3. The summed E-state index contributed by atoms with van der Waals surface area (Å²) < 4.78 is 0. The molecule has 36 heavy (non-hydrogen) atoms. The van der Waals surface area contributed by atoms with Gasteiger partial charge in [-0.3, -0.25) is 0 Å². The highest BCUT2D eigenvalue weighted by Gasteiger charge is 2.29. The van der Waals surface area contributed by atoms with Crippen LogP contribution in [0.1, 0.15) is 76.0 Å². The second-order valence-corrected chi connectivity index (χ2v) is 10.5. The molecule has 0 bridgehead atoms. The van der Waals surface area contributed by atoms with E-state index in [1.807, 2.05) is 36.4 Å². The van der Waals surface area contributed by atoms with Crippen molar-refractivity contribution in [2.45, 2.75) is 59.3 Å². The van der Waals surface area contributed by atoms with Gasteiger partial charge < -0.3 is 15.3 Å². The fourth-order valence-corrected chi connectivity index (χ4v) is 5.36. The molecule has 3 heteroatoms. The molecule has 4 rings (SSSR count). The molecule has 0 aromatic heterocycles. The minimum atomic E-state index is 0.224. The van der Waals surface area contributed by atoms with Gasteiger partial charge in [-0.25, -0.2) is 0 Å². The first kappa shape index (κ1) is 25.4. The molecule has 4 aromatic carbocycles. The van der Waals surface area contributed by atoms with Crippen molar-refractivity contribution >= 4 is 0 Å². The summed E-state index contributed by atoms with van der Waals surface area (Å²) in [6.07, 6.45) is 0. The lowest BCUT2D eigenvalue weighted by Crippen LogP contribution is -2.11. The monoisotopic (exact) mass is 480 g/mol. The third-order valence-electron chi connectivity index (χ3n) is 6.82. The molecule has 0 saturated carbocycles. The summed E-state index contributed by atoms with van der Waals surface area (Å²) in [7, 11) is 0. The maximum absolute atomic E-state index is 10.0. The standard InChI is InChI=1S/C33H36O3/c1-19(2)28-31(22-7-13-25(34)14-8-22)29(20(3)4)33(24-11-17-27(36)18-12-24)30(21(5)6)32(28)23-9-15-26(35)16-10-23/h7-21,34-36H,1-6H3. The van der Waals surface area contributed by atoms with Crippen LogP contribution in [-0.4, -0.2) is 15.3 Å². The van der Waals surface area contributed by atoms with Crippen LogP contribution >= 0.6 is 0 Å². The van der Waals surface area contributed by atoms with E-state index in [1.165, 1.54) is 33.4 Å². The van der Waals surface area contributed by atoms with Crippen LogP contribution in [0, 0.1) is 0 Å². The first-order valence-corrected chi connectivity index (χ1v) is 12.7. The Morgan fingerprint density at radius 1 is 0.361 bits per heavy atom. The lowest BCUT2D eigenvalue weighted by Gasteiger charge is -2.32. The van der Waals surface area contributed by atoms with E-state index < -0.39 is 0 Å². The first-order valence-electron chi connectivity index (χ1n) is 12.7. The molecule has 0 aliphatic heterocycles. The van der Waals surface area contributed by atoms with Gasteiger partial charge in [-0.05, 0) is 104 Å². The molecule has 3 N–H and O–H groups in total. The lowest BCUT2D eigenvalue weighted by molar-refractivity contribution is 0.475. The van der Waals surface area contributed by atoms with Gasteiger partial charge in [-0.1, -0.05) is 77.9 Å². The summed E-state index contributed by atoms with van der Waals surface area (Å²) in [4.78, 5) is 0. The maximum atomic E-state index is 10.0. The third kappa shape index (κ3) is 4.70. The van der Waals surface area contributed by atoms with Crippen molar-refractivity contribution in [3.63, 3.8) is 0 Å². The zero-order valence-electron chi connectivity index (χ0n) is 22.0. The predicted molar refractivity (Wildman–Crippen MR) is 150 cm³/mol. The van der Waals surface area contributed by atoms with Gasteiger partial charge in [0, 0.05) is 0 Å². The van der Waals surface area contributed by atoms with Crippen LogP contribution in [-0.2, 0) is 0 Å². The Morgan fingerprint density at radius 2 is 0.556 bits per heavy atom. The molecule has 186 valence electrons. The van der Waals surface area contributed by atoms with Gasteiger partial charge in [0.15, 0.2) is 0 Å². The number of phenolic OH excluding ortho intramolecular Hbond substituents is 3. The fraction of sp³-hybridized carbons (Fsp3) is 0.273. The predicted octanol–water partition coefficient (Wildman–Crippen LogP) is 9.17. The van der Waals surface area contributed by atoms with Gasteiger partial charge in [-0.2, -0.15) is 0 Å². The van der Waals surface area contributed by atoms with E-state index in [0.29, 0.717) is 0 Å². The van der Waals surface area contributed by atoms with Crippen molar-refractivity contribution in [2.24, 2.45) is 0 Å². The highest BCUT2D eigenvalue weighted by molar-refractivity contribution is 5.93. The summed E-state index contributed by atoms with van der Waals surface area (Å²) in [6, 6.07) is 22.5. The average molecular weight is 481 g/mol. The highest BCUT2D eigenvalue weighted by atomic mass is 16.3. The highest BCUT2D eigenvalue weighted by Crippen LogP contribution is 2.51. The average Bonchev–Trinajstić information content (AvgIpc) is 2.83. The number of hydrogen-bond acceptors (Lipinski definition) is 3. The second kappa shape index (κ2) is 10.1. The Balaban J connectivity index is 2.30. The summed E-state index contributed by atoms with van der Waals surface area (Å²) >= 11 is 0. The molecular formula is C33H36O3. The zero-order chi connectivity index (χ0) is 26.1. The lowest BCUT2D eigenvalue weighted by atomic mass is 9.72. The van der Waals surface area contributed by atoms with Gasteiger partial charge in [-0.15, -0.1) is 0 Å². The van der Waals surface area contributed by atoms with E-state index in [9.17, 15) is 15.3 Å². The Hall–Kier alpha value is -3.72. The van der Waals surface area contributed by atoms with Crippen LogP contribution in [0.25, 0.3) is 33.4 Å². The Kier molecular flexibility index (Phi) is 7.12. The molecule has 0 saturated heterocycles. The van der Waals surface area contributed by atoms with Crippen LogP contribution < -0.4 is 0 Å². The number of rotatable bonds is 6. The molecule has 0 atom stereocenters. The van der Waals surface area contributed by atoms with Crippen molar-refractivity contribution in [1.29, 1.82) is 0 Å². The molecule has 3 nitrogen and oxygen atoms in total. The molecule has 0 unspecified atom stereocenters. The van der Waals surface area contributed by atoms with Crippen LogP contribution in [0.15, 0.2) is 72.8 Å². The fourth-order valence-electron chi connectivity index (χ4n) is 5.36. The molecule has 0 amide bonds. The van der Waals surface area contributed by atoms with Gasteiger partial charge in [0.25, 0.3) is 0 Å². The van der Waals surface area contributed by atoms with E-state index in [-0.39, 0.29) is 35.0 Å². The number of benzene rings is 4. The molecule has 0 aliphatic rings. The number of hydrogen-bond donors (Lipinski definition) is 3. The van der Waals surface area contributed by atoms with E-state index >= 15 is 0 Å². The van der Waals surface area contributed by atoms with E-state index in [0.717, 1.165) is 16.7 Å². The third-order valence-corrected chi connectivity index (χ3v) is 6.82. The van der Waals surface area contributed by atoms with Crippen molar-refractivity contribution in [3.05, 3.63) is 89.5 Å². The number of aromatic hydroxyl groups is 3. The Bertz CT molecular complexity index is 1150. The topological polar surface area (TPSA) is 60.7 Å². The van der Waals surface area contributed by atoms with E-state index in [2.05, 4.69) is 41.5 Å². The molecule has 0 fully saturated rings. The SMILES string of the molecule is CC(C)c1c(-c2ccc(O)cc2)c(C(C)C)c(-c2ccc(O)cc2)c(C(C)C)c1-c1ccc(O)cc1.